The van der Waals surface area contributed by atoms with Crippen LogP contribution in [0.2, 0.25) is 0 Å². The van der Waals surface area contributed by atoms with Crippen LogP contribution in [0.15, 0.2) is 59.1 Å². The summed E-state index contributed by atoms with van der Waals surface area (Å²) in [6.45, 7) is 3.53. The lowest BCUT2D eigenvalue weighted by atomic mass is 10.2. The Morgan fingerprint density at radius 2 is 1.73 bits per heavy atom. The normalized spacial score (nSPS) is 12.4. The van der Waals surface area contributed by atoms with Gasteiger partial charge in [-0.25, -0.2) is 8.42 Å². The number of hydrogen-bond donors (Lipinski definition) is 0. The molecule has 158 valence electrons. The van der Waals surface area contributed by atoms with Gasteiger partial charge in [0, 0.05) is 12.6 Å². The Morgan fingerprint density at radius 1 is 1.10 bits per heavy atom. The molecule has 0 spiro atoms. The minimum absolute atomic E-state index is 0.0640. The summed E-state index contributed by atoms with van der Waals surface area (Å²) < 4.78 is 31.2. The molecule has 1 aromatic heterocycles. The maximum absolute atomic E-state index is 13.0. The first-order chi connectivity index (χ1) is 14.2. The second kappa shape index (κ2) is 8.66. The SMILES string of the molecule is Cc1ccc(N(C(C)C(=O)N(C)Cc2nc(-c3ccccc3)no2)S(C)(=O)=O)cc1. The number of amides is 1. The first kappa shape index (κ1) is 21.5. The van der Waals surface area contributed by atoms with Crippen LogP contribution in [0.1, 0.15) is 18.4 Å². The fraction of sp³-hybridized carbons (Fsp3) is 0.286. The number of aryl methyl sites for hydroxylation is 1. The van der Waals surface area contributed by atoms with Crippen molar-refractivity contribution in [3.8, 4) is 11.4 Å². The molecule has 0 bridgehead atoms. The Hall–Kier alpha value is -3.20. The van der Waals surface area contributed by atoms with E-state index in [1.807, 2.05) is 37.3 Å². The number of aromatic nitrogens is 2. The van der Waals surface area contributed by atoms with Gasteiger partial charge >= 0.3 is 0 Å². The Labute approximate surface area is 176 Å². The van der Waals surface area contributed by atoms with E-state index < -0.39 is 16.1 Å². The second-order valence-electron chi connectivity index (χ2n) is 7.14. The van der Waals surface area contributed by atoms with Crippen molar-refractivity contribution >= 4 is 21.6 Å². The van der Waals surface area contributed by atoms with Gasteiger partial charge in [-0.15, -0.1) is 0 Å². The molecular weight excluding hydrogens is 404 g/mol. The quantitative estimate of drug-likeness (QED) is 0.574. The van der Waals surface area contributed by atoms with Gasteiger partial charge in [-0.1, -0.05) is 53.2 Å². The van der Waals surface area contributed by atoms with Crippen molar-refractivity contribution < 1.29 is 17.7 Å². The maximum Gasteiger partial charge on any atom is 0.246 e. The molecular formula is C21H24N4O4S. The van der Waals surface area contributed by atoms with Crippen molar-refractivity contribution in [3.63, 3.8) is 0 Å². The average molecular weight is 429 g/mol. The highest BCUT2D eigenvalue weighted by atomic mass is 32.2. The average Bonchev–Trinajstić information content (AvgIpc) is 3.17. The Bertz CT molecular complexity index is 1110. The predicted molar refractivity (Wildman–Crippen MR) is 114 cm³/mol. The summed E-state index contributed by atoms with van der Waals surface area (Å²) in [7, 11) is -2.11. The largest absolute Gasteiger partial charge is 0.337 e. The third-order valence-corrected chi connectivity index (χ3v) is 5.85. The van der Waals surface area contributed by atoms with Crippen LogP contribution in [0, 0.1) is 6.92 Å². The van der Waals surface area contributed by atoms with Crippen LogP contribution in [-0.2, 0) is 21.4 Å². The first-order valence-electron chi connectivity index (χ1n) is 9.36. The van der Waals surface area contributed by atoms with Crippen LogP contribution in [0.25, 0.3) is 11.4 Å². The van der Waals surface area contributed by atoms with Gasteiger partial charge < -0.3 is 9.42 Å². The van der Waals surface area contributed by atoms with Crippen molar-refractivity contribution in [2.75, 3.05) is 17.6 Å². The van der Waals surface area contributed by atoms with E-state index in [1.165, 1.54) is 4.90 Å². The van der Waals surface area contributed by atoms with Crippen LogP contribution < -0.4 is 4.31 Å². The molecule has 9 heteroatoms. The minimum atomic E-state index is -3.68. The number of carbonyl (C=O) groups excluding carboxylic acids is 1. The zero-order valence-corrected chi connectivity index (χ0v) is 18.1. The highest BCUT2D eigenvalue weighted by molar-refractivity contribution is 7.92. The monoisotopic (exact) mass is 428 g/mol. The van der Waals surface area contributed by atoms with Crippen molar-refractivity contribution in [1.29, 1.82) is 0 Å². The van der Waals surface area contributed by atoms with Gasteiger partial charge in [0.15, 0.2) is 0 Å². The molecule has 0 saturated heterocycles. The zero-order chi connectivity index (χ0) is 21.9. The fourth-order valence-electron chi connectivity index (χ4n) is 3.12. The van der Waals surface area contributed by atoms with E-state index in [0.29, 0.717) is 11.5 Å². The lowest BCUT2D eigenvalue weighted by Gasteiger charge is -2.30. The highest BCUT2D eigenvalue weighted by Crippen LogP contribution is 2.22. The van der Waals surface area contributed by atoms with Gasteiger partial charge in [-0.3, -0.25) is 9.10 Å². The molecule has 1 atom stereocenters. The number of likely N-dealkylation sites (N-methyl/N-ethyl adjacent to an activating group) is 1. The summed E-state index contributed by atoms with van der Waals surface area (Å²) >= 11 is 0. The first-order valence-corrected chi connectivity index (χ1v) is 11.2. The van der Waals surface area contributed by atoms with E-state index in [9.17, 15) is 13.2 Å². The summed E-state index contributed by atoms with van der Waals surface area (Å²) in [5.74, 6) is 0.301. The molecule has 0 aliphatic carbocycles. The molecule has 1 heterocycles. The minimum Gasteiger partial charge on any atom is -0.337 e. The summed E-state index contributed by atoms with van der Waals surface area (Å²) in [6.07, 6.45) is 1.08. The van der Waals surface area contributed by atoms with Crippen molar-refractivity contribution in [2.24, 2.45) is 0 Å². The van der Waals surface area contributed by atoms with Crippen LogP contribution in [0.3, 0.4) is 0 Å². The molecule has 0 fully saturated rings. The van der Waals surface area contributed by atoms with Gasteiger partial charge in [0.1, 0.15) is 6.04 Å². The zero-order valence-electron chi connectivity index (χ0n) is 17.3. The van der Waals surface area contributed by atoms with Crippen LogP contribution in [0.4, 0.5) is 5.69 Å². The van der Waals surface area contributed by atoms with Gasteiger partial charge in [0.2, 0.25) is 27.6 Å². The molecule has 2 aromatic carbocycles. The van der Waals surface area contributed by atoms with E-state index in [0.717, 1.165) is 21.7 Å². The van der Waals surface area contributed by atoms with Gasteiger partial charge in [0.25, 0.3) is 0 Å². The molecule has 3 aromatic rings. The number of hydrogen-bond acceptors (Lipinski definition) is 6. The van der Waals surface area contributed by atoms with E-state index in [1.54, 1.807) is 38.2 Å². The number of anilines is 1. The highest BCUT2D eigenvalue weighted by Gasteiger charge is 2.31. The molecule has 3 rings (SSSR count). The second-order valence-corrected chi connectivity index (χ2v) is 9.00. The summed E-state index contributed by atoms with van der Waals surface area (Å²) in [6, 6.07) is 15.4. The maximum atomic E-state index is 13.0. The van der Waals surface area contributed by atoms with Gasteiger partial charge in [-0.05, 0) is 26.0 Å². The fourth-order valence-corrected chi connectivity index (χ4v) is 4.29. The summed E-state index contributed by atoms with van der Waals surface area (Å²) in [5.41, 5.74) is 2.23. The van der Waals surface area contributed by atoms with Crippen LogP contribution in [-0.4, -0.2) is 48.7 Å². The van der Waals surface area contributed by atoms with E-state index >= 15 is 0 Å². The summed E-state index contributed by atoms with van der Waals surface area (Å²) in [5, 5.41) is 3.94. The molecule has 8 nitrogen and oxygen atoms in total. The van der Waals surface area contributed by atoms with E-state index in [4.69, 9.17) is 4.52 Å². The Morgan fingerprint density at radius 3 is 2.33 bits per heavy atom. The third kappa shape index (κ3) is 4.85. The van der Waals surface area contributed by atoms with Gasteiger partial charge in [0.05, 0.1) is 18.5 Å². The smallest absolute Gasteiger partial charge is 0.246 e. The number of rotatable bonds is 7. The van der Waals surface area contributed by atoms with Crippen molar-refractivity contribution in [1.82, 2.24) is 15.0 Å². The molecule has 0 N–H and O–H groups in total. The van der Waals surface area contributed by atoms with Crippen molar-refractivity contribution in [3.05, 3.63) is 66.1 Å². The standard InChI is InChI=1S/C21H24N4O4S/c1-15-10-12-18(13-11-15)25(30(4,27)28)16(2)21(26)24(3)14-19-22-20(23-29-19)17-8-6-5-7-9-17/h5-13,16H,14H2,1-4H3. The molecule has 0 radical (unpaired) electrons. The molecule has 0 aliphatic rings. The van der Waals surface area contributed by atoms with Crippen LogP contribution in [0.5, 0.6) is 0 Å². The lowest BCUT2D eigenvalue weighted by Crippen LogP contribution is -2.48. The molecule has 0 saturated carbocycles. The molecule has 30 heavy (non-hydrogen) atoms. The van der Waals surface area contributed by atoms with E-state index in [2.05, 4.69) is 10.1 Å². The summed E-state index contributed by atoms with van der Waals surface area (Å²) in [4.78, 5) is 18.7. The number of benzene rings is 2. The van der Waals surface area contributed by atoms with Crippen LogP contribution >= 0.6 is 0 Å². The molecule has 0 aliphatic heterocycles. The number of nitrogens with zero attached hydrogens (tertiary/aromatic N) is 4. The number of carbonyl (C=O) groups is 1. The Kier molecular flexibility index (Phi) is 6.21. The number of sulfonamides is 1. The predicted octanol–water partition coefficient (Wildman–Crippen LogP) is 2.86. The van der Waals surface area contributed by atoms with Gasteiger partial charge in [-0.2, -0.15) is 4.98 Å². The third-order valence-electron chi connectivity index (χ3n) is 4.60. The molecule has 1 unspecified atom stereocenters. The topological polar surface area (TPSA) is 96.6 Å². The lowest BCUT2D eigenvalue weighted by molar-refractivity contribution is -0.131. The molecule has 1 amide bonds. The van der Waals surface area contributed by atoms with Crippen molar-refractivity contribution in [2.45, 2.75) is 26.4 Å². The van der Waals surface area contributed by atoms with E-state index in [-0.39, 0.29) is 18.3 Å². The Balaban J connectivity index is 1.77.